The first-order valence-corrected chi connectivity index (χ1v) is 13.4. The van der Waals surface area contributed by atoms with E-state index in [-0.39, 0.29) is 23.8 Å². The lowest BCUT2D eigenvalue weighted by atomic mass is 9.70. The van der Waals surface area contributed by atoms with Gasteiger partial charge in [-0.3, -0.25) is 0 Å². The highest BCUT2D eigenvalue weighted by atomic mass is 16.7. The van der Waals surface area contributed by atoms with E-state index in [1.807, 2.05) is 6.07 Å². The fraction of sp³-hybridized carbons (Fsp3) is 0.793. The van der Waals surface area contributed by atoms with Gasteiger partial charge < -0.3 is 18.9 Å². The van der Waals surface area contributed by atoms with Crippen molar-refractivity contribution in [3.05, 3.63) is 29.8 Å². The Morgan fingerprint density at radius 3 is 1.82 bits per heavy atom. The first-order chi connectivity index (χ1) is 15.7. The molecule has 0 bridgehead atoms. The molecule has 33 heavy (non-hydrogen) atoms. The molecule has 0 radical (unpaired) electrons. The highest BCUT2D eigenvalue weighted by Crippen LogP contribution is 2.49. The Bertz CT molecular complexity index is 809. The number of para-hydroxylation sites is 1. The molecule has 4 heteroatoms. The Kier molecular flexibility index (Phi) is 6.33. The van der Waals surface area contributed by atoms with Gasteiger partial charge in [0.1, 0.15) is 5.75 Å². The monoisotopic (exact) mass is 456 g/mol. The van der Waals surface area contributed by atoms with Gasteiger partial charge in [0.2, 0.25) is 6.29 Å². The predicted molar refractivity (Wildman–Crippen MR) is 130 cm³/mol. The van der Waals surface area contributed by atoms with E-state index in [4.69, 9.17) is 18.9 Å². The summed E-state index contributed by atoms with van der Waals surface area (Å²) in [6.07, 6.45) is 13.6. The van der Waals surface area contributed by atoms with Crippen LogP contribution in [0, 0.1) is 10.8 Å². The molecular formula is C29H44O4. The molecule has 1 aromatic carbocycles. The summed E-state index contributed by atoms with van der Waals surface area (Å²) in [5, 5.41) is 0. The molecule has 0 aromatic heterocycles. The van der Waals surface area contributed by atoms with Crippen LogP contribution in [0.15, 0.2) is 24.3 Å². The SMILES string of the molecule is CC1(C)CCC2(CCC(OCc3ccccc3OC3CCC4(CCC(C)(C)CC4)O3)O2)CC1. The van der Waals surface area contributed by atoms with Gasteiger partial charge in [-0.15, -0.1) is 0 Å². The van der Waals surface area contributed by atoms with Crippen LogP contribution in [0.1, 0.15) is 110 Å². The molecule has 0 amide bonds. The maximum absolute atomic E-state index is 6.52. The van der Waals surface area contributed by atoms with E-state index >= 15 is 0 Å². The van der Waals surface area contributed by atoms with Gasteiger partial charge in [0.15, 0.2) is 6.29 Å². The Balaban J connectivity index is 1.14. The third-order valence-electron chi connectivity index (χ3n) is 9.12. The predicted octanol–water partition coefficient (Wildman–Crippen LogP) is 7.53. The van der Waals surface area contributed by atoms with Gasteiger partial charge in [-0.2, -0.15) is 0 Å². The topological polar surface area (TPSA) is 36.9 Å². The van der Waals surface area contributed by atoms with E-state index in [1.54, 1.807) is 0 Å². The minimum absolute atomic E-state index is 0.0339. The molecule has 2 spiro atoms. The second-order valence-corrected chi connectivity index (χ2v) is 12.9. The third kappa shape index (κ3) is 5.44. The zero-order valence-corrected chi connectivity index (χ0v) is 21.3. The quantitative estimate of drug-likeness (QED) is 0.459. The van der Waals surface area contributed by atoms with E-state index in [0.29, 0.717) is 17.4 Å². The van der Waals surface area contributed by atoms with Crippen molar-refractivity contribution in [3.8, 4) is 5.75 Å². The van der Waals surface area contributed by atoms with Crippen LogP contribution in [0.4, 0.5) is 0 Å². The minimum atomic E-state index is -0.149. The molecule has 2 unspecified atom stereocenters. The molecule has 2 aliphatic carbocycles. The van der Waals surface area contributed by atoms with Crippen molar-refractivity contribution in [3.63, 3.8) is 0 Å². The number of rotatable bonds is 5. The lowest BCUT2D eigenvalue weighted by Gasteiger charge is -2.41. The summed E-state index contributed by atoms with van der Waals surface area (Å²) in [7, 11) is 0. The summed E-state index contributed by atoms with van der Waals surface area (Å²) < 4.78 is 25.7. The summed E-state index contributed by atoms with van der Waals surface area (Å²) in [5.74, 6) is 0.891. The van der Waals surface area contributed by atoms with Gasteiger partial charge in [-0.1, -0.05) is 45.9 Å². The van der Waals surface area contributed by atoms with Gasteiger partial charge in [0.05, 0.1) is 17.8 Å². The Morgan fingerprint density at radius 1 is 0.697 bits per heavy atom. The zero-order valence-electron chi connectivity index (χ0n) is 21.3. The van der Waals surface area contributed by atoms with Crippen molar-refractivity contribution in [2.45, 2.75) is 135 Å². The summed E-state index contributed by atoms with van der Waals surface area (Å²) in [4.78, 5) is 0. The maximum Gasteiger partial charge on any atom is 0.200 e. The molecule has 0 N–H and O–H groups in total. The van der Waals surface area contributed by atoms with Crippen molar-refractivity contribution in [2.24, 2.45) is 10.8 Å². The third-order valence-corrected chi connectivity index (χ3v) is 9.12. The number of hydrogen-bond acceptors (Lipinski definition) is 4. The van der Waals surface area contributed by atoms with Crippen LogP contribution >= 0.6 is 0 Å². The first kappa shape index (κ1) is 23.6. The van der Waals surface area contributed by atoms with Crippen molar-refractivity contribution in [1.82, 2.24) is 0 Å². The molecule has 184 valence electrons. The first-order valence-electron chi connectivity index (χ1n) is 13.4. The summed E-state index contributed by atoms with van der Waals surface area (Å²) in [5.41, 5.74) is 2.08. The largest absolute Gasteiger partial charge is 0.465 e. The van der Waals surface area contributed by atoms with Crippen LogP contribution in [-0.2, 0) is 20.8 Å². The normalized spacial score (nSPS) is 31.8. The minimum Gasteiger partial charge on any atom is -0.465 e. The second-order valence-electron chi connectivity index (χ2n) is 12.9. The van der Waals surface area contributed by atoms with Crippen LogP contribution in [0.5, 0.6) is 5.75 Å². The smallest absolute Gasteiger partial charge is 0.200 e. The van der Waals surface area contributed by atoms with Crippen molar-refractivity contribution in [1.29, 1.82) is 0 Å². The van der Waals surface area contributed by atoms with Crippen LogP contribution < -0.4 is 4.74 Å². The van der Waals surface area contributed by atoms with E-state index in [1.165, 1.54) is 25.7 Å². The van der Waals surface area contributed by atoms with Crippen LogP contribution in [0.3, 0.4) is 0 Å². The number of ether oxygens (including phenoxy) is 4. The summed E-state index contributed by atoms with van der Waals surface area (Å²) >= 11 is 0. The van der Waals surface area contributed by atoms with Crippen molar-refractivity contribution < 1.29 is 18.9 Å². The van der Waals surface area contributed by atoms with Crippen molar-refractivity contribution in [2.75, 3.05) is 0 Å². The molecule has 4 nitrogen and oxygen atoms in total. The molecule has 1 aromatic rings. The average Bonchev–Trinajstić information content (AvgIpc) is 3.37. The molecule has 2 atom stereocenters. The van der Waals surface area contributed by atoms with Crippen LogP contribution in [0.25, 0.3) is 0 Å². The Morgan fingerprint density at radius 2 is 1.21 bits per heavy atom. The van der Waals surface area contributed by atoms with Gasteiger partial charge in [-0.25, -0.2) is 0 Å². The van der Waals surface area contributed by atoms with E-state index in [2.05, 4.69) is 45.9 Å². The maximum atomic E-state index is 6.52. The molecule has 4 aliphatic rings. The molecule has 2 saturated heterocycles. The Hall–Kier alpha value is -1.10. The van der Waals surface area contributed by atoms with E-state index in [9.17, 15) is 0 Å². The number of hydrogen-bond donors (Lipinski definition) is 0. The molecule has 2 heterocycles. The molecule has 2 aliphatic heterocycles. The lowest BCUT2D eigenvalue weighted by Crippen LogP contribution is -2.37. The van der Waals surface area contributed by atoms with Gasteiger partial charge in [0, 0.05) is 18.4 Å². The fourth-order valence-corrected chi connectivity index (χ4v) is 6.32. The summed E-state index contributed by atoms with van der Waals surface area (Å²) in [6, 6.07) is 8.26. The van der Waals surface area contributed by atoms with E-state index in [0.717, 1.165) is 62.7 Å². The van der Waals surface area contributed by atoms with Gasteiger partial charge in [0.25, 0.3) is 0 Å². The van der Waals surface area contributed by atoms with Gasteiger partial charge >= 0.3 is 0 Å². The van der Waals surface area contributed by atoms with Crippen molar-refractivity contribution >= 4 is 0 Å². The van der Waals surface area contributed by atoms with Crippen LogP contribution in [-0.4, -0.2) is 23.8 Å². The fourth-order valence-electron chi connectivity index (χ4n) is 6.32. The lowest BCUT2D eigenvalue weighted by molar-refractivity contribution is -0.188. The summed E-state index contributed by atoms with van der Waals surface area (Å²) in [6.45, 7) is 10.0. The standard InChI is InChI=1S/C29H44O4/c1-26(2)13-17-28(18-14-26)11-9-24(32-28)30-21-22-7-5-6-8-23(22)31-25-10-12-29(33-25)19-15-27(3,4)16-20-29/h5-8,24-25H,9-21H2,1-4H3. The average molecular weight is 457 g/mol. The molecule has 4 fully saturated rings. The zero-order chi connectivity index (χ0) is 23.2. The molecular weight excluding hydrogens is 412 g/mol. The van der Waals surface area contributed by atoms with E-state index < -0.39 is 0 Å². The van der Waals surface area contributed by atoms with Gasteiger partial charge in [-0.05, 0) is 81.1 Å². The second kappa shape index (κ2) is 8.84. The highest BCUT2D eigenvalue weighted by Gasteiger charge is 2.46. The Labute approximate surface area is 200 Å². The number of benzene rings is 1. The molecule has 2 saturated carbocycles. The molecule has 5 rings (SSSR count). The van der Waals surface area contributed by atoms with Crippen LogP contribution in [0.2, 0.25) is 0 Å². The highest BCUT2D eigenvalue weighted by molar-refractivity contribution is 5.33.